The Balaban J connectivity index is 2.37. The zero-order chi connectivity index (χ0) is 20.3. The fraction of sp³-hybridized carbons (Fsp3) is 0.278. The number of benzene rings is 2. The van der Waals surface area contributed by atoms with Crippen molar-refractivity contribution in [1.82, 2.24) is 10.2 Å². The molecule has 0 aliphatic rings. The number of halogens is 6. The van der Waals surface area contributed by atoms with E-state index < -0.39 is 52.4 Å². The van der Waals surface area contributed by atoms with Gasteiger partial charge in [-0.3, -0.25) is 4.79 Å². The Kier molecular flexibility index (Phi) is 6.48. The van der Waals surface area contributed by atoms with Gasteiger partial charge in [0.1, 0.15) is 11.4 Å². The molecule has 27 heavy (non-hydrogen) atoms. The van der Waals surface area contributed by atoms with Crippen molar-refractivity contribution in [3.05, 3.63) is 70.3 Å². The summed E-state index contributed by atoms with van der Waals surface area (Å²) in [5.41, 5.74) is -1.15. The van der Waals surface area contributed by atoms with Crippen LogP contribution in [-0.2, 0) is 0 Å². The maximum atomic E-state index is 13.8. The number of rotatable bonds is 6. The van der Waals surface area contributed by atoms with E-state index in [-0.39, 0.29) is 6.42 Å². The number of carbonyl (C=O) groups excluding carboxylic acids is 1. The summed E-state index contributed by atoms with van der Waals surface area (Å²) in [7, 11) is 3.49. The number of amides is 1. The molecule has 0 spiro atoms. The van der Waals surface area contributed by atoms with Crippen LogP contribution in [0.15, 0.2) is 24.3 Å². The highest BCUT2D eigenvalue weighted by molar-refractivity contribution is 5.95. The first kappa shape index (κ1) is 20.8. The van der Waals surface area contributed by atoms with Crippen molar-refractivity contribution >= 4 is 5.91 Å². The topological polar surface area (TPSA) is 32.3 Å². The standard InChI is InChI=1S/C18H16F6N2O/c1-26(2)8-7-11(9-3-5-10(19)6-4-9)25-18(27)12-13(20)15(22)17(24)16(23)14(12)21/h3-6,11H,7-8H2,1-2H3,(H,25,27). The van der Waals surface area contributed by atoms with Crippen molar-refractivity contribution < 1.29 is 31.1 Å². The normalized spacial score (nSPS) is 12.3. The van der Waals surface area contributed by atoms with Gasteiger partial charge in [0.25, 0.3) is 5.91 Å². The lowest BCUT2D eigenvalue weighted by molar-refractivity contribution is 0.0921. The van der Waals surface area contributed by atoms with Crippen LogP contribution in [0, 0.1) is 34.9 Å². The summed E-state index contributed by atoms with van der Waals surface area (Å²) in [6.45, 7) is 0.430. The Bertz CT molecular complexity index is 810. The molecule has 2 rings (SSSR count). The average Bonchev–Trinajstić information content (AvgIpc) is 2.62. The van der Waals surface area contributed by atoms with Gasteiger partial charge in [0.05, 0.1) is 6.04 Å². The molecular weight excluding hydrogens is 374 g/mol. The van der Waals surface area contributed by atoms with E-state index in [4.69, 9.17) is 0 Å². The van der Waals surface area contributed by atoms with E-state index in [0.717, 1.165) is 12.1 Å². The van der Waals surface area contributed by atoms with Crippen molar-refractivity contribution in [3.8, 4) is 0 Å². The summed E-state index contributed by atoms with van der Waals surface area (Å²) in [5, 5.41) is 2.26. The van der Waals surface area contributed by atoms with E-state index in [1.807, 2.05) is 0 Å². The zero-order valence-electron chi connectivity index (χ0n) is 14.4. The van der Waals surface area contributed by atoms with Crippen molar-refractivity contribution in [2.24, 2.45) is 0 Å². The minimum absolute atomic E-state index is 0.250. The number of hydrogen-bond donors (Lipinski definition) is 1. The predicted molar refractivity (Wildman–Crippen MR) is 86.0 cm³/mol. The predicted octanol–water partition coefficient (Wildman–Crippen LogP) is 3.94. The van der Waals surface area contributed by atoms with Gasteiger partial charge in [0.2, 0.25) is 5.82 Å². The third kappa shape index (κ3) is 4.60. The minimum atomic E-state index is -2.34. The fourth-order valence-electron chi connectivity index (χ4n) is 2.44. The summed E-state index contributed by atoms with van der Waals surface area (Å²) in [6.07, 6.45) is 0.250. The molecule has 0 aliphatic carbocycles. The van der Waals surface area contributed by atoms with Crippen LogP contribution in [0.5, 0.6) is 0 Å². The van der Waals surface area contributed by atoms with Crippen molar-refractivity contribution in [3.63, 3.8) is 0 Å². The molecular formula is C18H16F6N2O. The van der Waals surface area contributed by atoms with Gasteiger partial charge in [-0.25, -0.2) is 26.3 Å². The second-order valence-electron chi connectivity index (χ2n) is 6.11. The molecule has 2 aromatic carbocycles. The van der Waals surface area contributed by atoms with Crippen molar-refractivity contribution in [2.45, 2.75) is 12.5 Å². The summed E-state index contributed by atoms with van der Waals surface area (Å²) < 4.78 is 80.6. The highest BCUT2D eigenvalue weighted by Crippen LogP contribution is 2.25. The SMILES string of the molecule is CN(C)CCC(NC(=O)c1c(F)c(F)c(F)c(F)c1F)c1ccc(F)cc1. The molecule has 3 nitrogen and oxygen atoms in total. The highest BCUT2D eigenvalue weighted by atomic mass is 19.2. The second kappa shape index (κ2) is 8.43. The van der Waals surface area contributed by atoms with Gasteiger partial charge in [-0.15, -0.1) is 0 Å². The van der Waals surface area contributed by atoms with Gasteiger partial charge in [-0.05, 0) is 44.8 Å². The monoisotopic (exact) mass is 390 g/mol. The van der Waals surface area contributed by atoms with Crippen LogP contribution in [0.3, 0.4) is 0 Å². The number of carbonyl (C=O) groups is 1. The van der Waals surface area contributed by atoms with Gasteiger partial charge >= 0.3 is 0 Å². The molecule has 1 N–H and O–H groups in total. The molecule has 0 saturated heterocycles. The van der Waals surface area contributed by atoms with E-state index in [9.17, 15) is 31.1 Å². The van der Waals surface area contributed by atoms with Gasteiger partial charge in [0.15, 0.2) is 23.3 Å². The lowest BCUT2D eigenvalue weighted by Crippen LogP contribution is -2.33. The molecule has 146 valence electrons. The summed E-state index contributed by atoms with van der Waals surface area (Å²) >= 11 is 0. The Morgan fingerprint density at radius 1 is 0.889 bits per heavy atom. The molecule has 0 radical (unpaired) electrons. The molecule has 0 saturated carbocycles. The van der Waals surface area contributed by atoms with Gasteiger partial charge in [-0.1, -0.05) is 12.1 Å². The average molecular weight is 390 g/mol. The van der Waals surface area contributed by atoms with E-state index in [2.05, 4.69) is 5.32 Å². The third-order valence-corrected chi connectivity index (χ3v) is 3.88. The molecule has 1 amide bonds. The lowest BCUT2D eigenvalue weighted by atomic mass is 10.0. The van der Waals surface area contributed by atoms with Crippen LogP contribution < -0.4 is 5.32 Å². The maximum absolute atomic E-state index is 13.8. The largest absolute Gasteiger partial charge is 0.345 e. The van der Waals surface area contributed by atoms with Crippen LogP contribution in [-0.4, -0.2) is 31.4 Å². The Morgan fingerprint density at radius 2 is 1.37 bits per heavy atom. The van der Waals surface area contributed by atoms with Gasteiger partial charge in [0, 0.05) is 0 Å². The van der Waals surface area contributed by atoms with Crippen LogP contribution in [0.2, 0.25) is 0 Å². The molecule has 0 aromatic heterocycles. The first-order valence-corrected chi connectivity index (χ1v) is 7.86. The highest BCUT2D eigenvalue weighted by Gasteiger charge is 2.30. The molecule has 1 unspecified atom stereocenters. The molecule has 0 fully saturated rings. The first-order chi connectivity index (χ1) is 12.6. The van der Waals surface area contributed by atoms with E-state index in [1.165, 1.54) is 12.1 Å². The van der Waals surface area contributed by atoms with E-state index in [1.54, 1.807) is 19.0 Å². The van der Waals surface area contributed by atoms with Crippen molar-refractivity contribution in [2.75, 3.05) is 20.6 Å². The minimum Gasteiger partial charge on any atom is -0.345 e. The van der Waals surface area contributed by atoms with E-state index in [0.29, 0.717) is 12.1 Å². The zero-order valence-corrected chi connectivity index (χ0v) is 14.4. The smallest absolute Gasteiger partial charge is 0.257 e. The van der Waals surface area contributed by atoms with Crippen molar-refractivity contribution in [1.29, 1.82) is 0 Å². The molecule has 1 atom stereocenters. The Morgan fingerprint density at radius 3 is 1.85 bits per heavy atom. The number of hydrogen-bond acceptors (Lipinski definition) is 2. The lowest BCUT2D eigenvalue weighted by Gasteiger charge is -2.22. The van der Waals surface area contributed by atoms with Gasteiger partial charge in [-0.2, -0.15) is 0 Å². The van der Waals surface area contributed by atoms with Gasteiger partial charge < -0.3 is 10.2 Å². The quantitative estimate of drug-likeness (QED) is 0.460. The summed E-state index contributed by atoms with van der Waals surface area (Å²) in [6, 6.07) is 4.13. The molecule has 9 heteroatoms. The second-order valence-corrected chi connectivity index (χ2v) is 6.11. The first-order valence-electron chi connectivity index (χ1n) is 7.86. The van der Waals surface area contributed by atoms with Crippen LogP contribution in [0.4, 0.5) is 26.3 Å². The number of nitrogens with zero attached hydrogens (tertiary/aromatic N) is 1. The molecule has 0 bridgehead atoms. The number of nitrogens with one attached hydrogen (secondary N) is 1. The van der Waals surface area contributed by atoms with Crippen LogP contribution in [0.25, 0.3) is 0 Å². The Hall–Kier alpha value is -2.55. The molecule has 0 aliphatic heterocycles. The van der Waals surface area contributed by atoms with E-state index >= 15 is 0 Å². The molecule has 0 heterocycles. The van der Waals surface area contributed by atoms with Crippen LogP contribution in [0.1, 0.15) is 28.4 Å². The fourth-order valence-corrected chi connectivity index (χ4v) is 2.44. The molecule has 2 aromatic rings. The third-order valence-electron chi connectivity index (χ3n) is 3.88. The summed E-state index contributed by atoms with van der Waals surface area (Å²) in [4.78, 5) is 14.0. The maximum Gasteiger partial charge on any atom is 0.257 e. The Labute approximate surface area is 151 Å². The van der Waals surface area contributed by atoms with Crippen LogP contribution >= 0.6 is 0 Å². The summed E-state index contributed by atoms with van der Waals surface area (Å²) in [5.74, 6) is -13.2.